The summed E-state index contributed by atoms with van der Waals surface area (Å²) >= 11 is 0. The normalized spacial score (nSPS) is 16.5. The van der Waals surface area contributed by atoms with Crippen LogP contribution in [-0.2, 0) is 0 Å². The molecular weight excluding hydrogens is 144 g/mol. The lowest BCUT2D eigenvalue weighted by atomic mass is 10.2. The van der Waals surface area contributed by atoms with E-state index < -0.39 is 0 Å². The van der Waals surface area contributed by atoms with Gasteiger partial charge in [0.15, 0.2) is 0 Å². The van der Waals surface area contributed by atoms with Crippen LogP contribution in [0.3, 0.4) is 0 Å². The molecular formula is C6H13N4O-. The maximum Gasteiger partial charge on any atom is 0.115 e. The molecule has 64 valence electrons. The molecule has 0 aromatic rings. The Kier molecular flexibility index (Phi) is 3.10. The summed E-state index contributed by atoms with van der Waals surface area (Å²) in [6, 6.07) is 0. The second-order valence-electron chi connectivity index (χ2n) is 2.61. The number of rotatable bonds is 4. The molecule has 0 radical (unpaired) electrons. The first kappa shape index (κ1) is 8.26. The summed E-state index contributed by atoms with van der Waals surface area (Å²) in [5, 5.41) is 19.8. The summed E-state index contributed by atoms with van der Waals surface area (Å²) < 4.78 is 0. The number of hydrogen-bond acceptors (Lipinski definition) is 5. The molecule has 0 aromatic carbocycles. The van der Waals surface area contributed by atoms with E-state index in [0.29, 0.717) is 11.8 Å². The van der Waals surface area contributed by atoms with Crippen LogP contribution in [0.2, 0.25) is 0 Å². The largest absolute Gasteiger partial charge is 0.739 e. The van der Waals surface area contributed by atoms with E-state index in [1.54, 1.807) is 5.01 Å². The van der Waals surface area contributed by atoms with Gasteiger partial charge in [0, 0.05) is 6.54 Å². The lowest BCUT2D eigenvalue weighted by Gasteiger charge is -2.18. The van der Waals surface area contributed by atoms with Crippen LogP contribution in [0.25, 0.3) is 0 Å². The van der Waals surface area contributed by atoms with Gasteiger partial charge in [-0.2, -0.15) is 0 Å². The van der Waals surface area contributed by atoms with Gasteiger partial charge in [0.05, 0.1) is 0 Å². The van der Waals surface area contributed by atoms with Gasteiger partial charge in [-0.25, -0.2) is 0 Å². The molecule has 1 heterocycles. The number of hydroxylamine groups is 1. The van der Waals surface area contributed by atoms with Crippen LogP contribution in [0.5, 0.6) is 0 Å². The summed E-state index contributed by atoms with van der Waals surface area (Å²) in [5.41, 5.74) is 0. The Morgan fingerprint density at radius 3 is 2.73 bits per heavy atom. The second kappa shape index (κ2) is 4.12. The van der Waals surface area contributed by atoms with Crippen LogP contribution in [0.1, 0.15) is 26.2 Å². The van der Waals surface area contributed by atoms with E-state index in [1.807, 2.05) is 0 Å². The van der Waals surface area contributed by atoms with Crippen LogP contribution in [0.4, 0.5) is 0 Å². The number of hydrogen-bond donors (Lipinski definition) is 0. The van der Waals surface area contributed by atoms with Crippen molar-refractivity contribution in [1.29, 1.82) is 0 Å². The average Bonchev–Trinajstić information content (AvgIpc) is 2.37. The van der Waals surface area contributed by atoms with Crippen LogP contribution in [0.15, 0.2) is 10.4 Å². The van der Waals surface area contributed by atoms with E-state index >= 15 is 0 Å². The molecule has 1 aliphatic heterocycles. The van der Waals surface area contributed by atoms with Gasteiger partial charge in [-0.1, -0.05) is 30.2 Å². The van der Waals surface area contributed by atoms with Gasteiger partial charge in [0.1, 0.15) is 6.67 Å². The SMILES string of the molecule is CCCCCN1CN([O-])N=N1. The molecule has 0 bridgehead atoms. The predicted molar refractivity (Wildman–Crippen MR) is 41.2 cm³/mol. The van der Waals surface area contributed by atoms with Gasteiger partial charge in [-0.05, 0) is 6.42 Å². The van der Waals surface area contributed by atoms with E-state index in [0.717, 1.165) is 13.0 Å². The molecule has 0 aromatic heterocycles. The zero-order chi connectivity index (χ0) is 8.10. The van der Waals surface area contributed by atoms with Crippen molar-refractivity contribution in [2.24, 2.45) is 10.4 Å². The van der Waals surface area contributed by atoms with Gasteiger partial charge in [0.2, 0.25) is 0 Å². The molecule has 0 saturated carbocycles. The zero-order valence-corrected chi connectivity index (χ0v) is 6.73. The average molecular weight is 157 g/mol. The van der Waals surface area contributed by atoms with E-state index in [9.17, 15) is 5.21 Å². The highest BCUT2D eigenvalue weighted by atomic mass is 16.5. The van der Waals surface area contributed by atoms with Crippen molar-refractivity contribution >= 4 is 0 Å². The lowest BCUT2D eigenvalue weighted by Crippen LogP contribution is -2.22. The molecule has 1 aliphatic rings. The van der Waals surface area contributed by atoms with Crippen molar-refractivity contribution < 1.29 is 0 Å². The molecule has 0 unspecified atom stereocenters. The standard InChI is InChI=1S/C6H13N4O/c1-2-3-4-5-9-6-10(11)8-7-9/h2-6H2,1H3/q-1. The number of unbranched alkanes of at least 4 members (excludes halogenated alkanes) is 2. The topological polar surface area (TPSA) is 54.3 Å². The zero-order valence-electron chi connectivity index (χ0n) is 6.73. The molecule has 0 saturated heterocycles. The Labute approximate surface area is 66.2 Å². The molecule has 0 fully saturated rings. The summed E-state index contributed by atoms with van der Waals surface area (Å²) in [6.07, 6.45) is 3.46. The van der Waals surface area contributed by atoms with Gasteiger partial charge in [-0.15, -0.1) is 0 Å². The first-order chi connectivity index (χ1) is 5.33. The van der Waals surface area contributed by atoms with Gasteiger partial charge in [-0.3, -0.25) is 5.01 Å². The second-order valence-corrected chi connectivity index (χ2v) is 2.61. The Balaban J connectivity index is 2.05. The minimum atomic E-state index is 0.295. The fourth-order valence-corrected chi connectivity index (χ4v) is 0.957. The van der Waals surface area contributed by atoms with Crippen LogP contribution >= 0.6 is 0 Å². The quantitative estimate of drug-likeness (QED) is 0.581. The predicted octanol–water partition coefficient (Wildman–Crippen LogP) is 1.53. The van der Waals surface area contributed by atoms with E-state index in [4.69, 9.17) is 0 Å². The van der Waals surface area contributed by atoms with Crippen molar-refractivity contribution in [1.82, 2.24) is 10.2 Å². The molecule has 0 amide bonds. The molecule has 0 N–H and O–H groups in total. The summed E-state index contributed by atoms with van der Waals surface area (Å²) in [7, 11) is 0. The van der Waals surface area contributed by atoms with Crippen molar-refractivity contribution in [2.45, 2.75) is 26.2 Å². The van der Waals surface area contributed by atoms with Crippen molar-refractivity contribution in [3.8, 4) is 0 Å². The molecule has 5 nitrogen and oxygen atoms in total. The molecule has 1 rings (SSSR count). The van der Waals surface area contributed by atoms with Gasteiger partial charge < -0.3 is 10.4 Å². The smallest absolute Gasteiger partial charge is 0.115 e. The minimum absolute atomic E-state index is 0.295. The first-order valence-electron chi connectivity index (χ1n) is 3.94. The Bertz CT molecular complexity index is 139. The minimum Gasteiger partial charge on any atom is -0.739 e. The summed E-state index contributed by atoms with van der Waals surface area (Å²) in [5.74, 6) is 0. The van der Waals surface area contributed by atoms with E-state index in [-0.39, 0.29) is 0 Å². The fourth-order valence-electron chi connectivity index (χ4n) is 0.957. The molecule has 0 atom stereocenters. The Hall–Kier alpha value is -0.840. The molecule has 11 heavy (non-hydrogen) atoms. The highest BCUT2D eigenvalue weighted by Gasteiger charge is 2.06. The molecule has 0 spiro atoms. The third-order valence-corrected chi connectivity index (χ3v) is 1.57. The summed E-state index contributed by atoms with van der Waals surface area (Å²) in [6.45, 7) is 3.28. The maximum atomic E-state index is 10.5. The maximum absolute atomic E-state index is 10.5. The summed E-state index contributed by atoms with van der Waals surface area (Å²) in [4.78, 5) is 0. The highest BCUT2D eigenvalue weighted by Crippen LogP contribution is 2.06. The van der Waals surface area contributed by atoms with Crippen molar-refractivity contribution in [2.75, 3.05) is 13.2 Å². The first-order valence-corrected chi connectivity index (χ1v) is 3.94. The molecule has 5 heteroatoms. The van der Waals surface area contributed by atoms with Crippen LogP contribution in [-0.4, -0.2) is 23.4 Å². The van der Waals surface area contributed by atoms with Gasteiger partial charge in [0.25, 0.3) is 0 Å². The van der Waals surface area contributed by atoms with E-state index in [2.05, 4.69) is 17.4 Å². The van der Waals surface area contributed by atoms with E-state index in [1.165, 1.54) is 12.8 Å². The van der Waals surface area contributed by atoms with Crippen LogP contribution in [0, 0.1) is 5.21 Å². The van der Waals surface area contributed by atoms with Crippen LogP contribution < -0.4 is 0 Å². The fraction of sp³-hybridized carbons (Fsp3) is 1.00. The van der Waals surface area contributed by atoms with Gasteiger partial charge >= 0.3 is 0 Å². The van der Waals surface area contributed by atoms with Crippen molar-refractivity contribution in [3.63, 3.8) is 0 Å². The Morgan fingerprint density at radius 1 is 1.36 bits per heavy atom. The monoisotopic (exact) mass is 157 g/mol. The lowest BCUT2D eigenvalue weighted by molar-refractivity contribution is 0.250. The third-order valence-electron chi connectivity index (χ3n) is 1.57. The Morgan fingerprint density at radius 2 is 2.18 bits per heavy atom. The number of nitrogens with zero attached hydrogens (tertiary/aromatic N) is 4. The highest BCUT2D eigenvalue weighted by molar-refractivity contribution is 4.56. The molecule has 0 aliphatic carbocycles. The van der Waals surface area contributed by atoms with Crippen molar-refractivity contribution in [3.05, 3.63) is 5.21 Å². The third kappa shape index (κ3) is 2.71.